The van der Waals surface area contributed by atoms with Gasteiger partial charge in [-0.1, -0.05) is 31.0 Å². The number of ether oxygens (including phenoxy) is 1. The van der Waals surface area contributed by atoms with E-state index in [0.29, 0.717) is 6.04 Å². The van der Waals surface area contributed by atoms with E-state index in [1.54, 1.807) is 0 Å². The van der Waals surface area contributed by atoms with Crippen LogP contribution in [0, 0.1) is 0 Å². The minimum atomic E-state index is -0.0851. The highest BCUT2D eigenvalue weighted by Gasteiger charge is 2.23. The van der Waals surface area contributed by atoms with E-state index in [-0.39, 0.29) is 18.2 Å². The number of morpholine rings is 1. The number of nitrogens with one attached hydrogen (secondary N) is 2. The van der Waals surface area contributed by atoms with Gasteiger partial charge in [0, 0.05) is 31.4 Å². The molecule has 1 aliphatic heterocycles. The number of rotatable bonds is 4. The zero-order chi connectivity index (χ0) is 16.9. The summed E-state index contributed by atoms with van der Waals surface area (Å²) in [6.45, 7) is 6.90. The molecule has 0 radical (unpaired) electrons. The first-order chi connectivity index (χ1) is 11.6. The molecular formula is C19H29N3O2. The third kappa shape index (κ3) is 4.71. The Morgan fingerprint density at radius 2 is 1.83 bits per heavy atom. The van der Waals surface area contributed by atoms with Gasteiger partial charge in [-0.25, -0.2) is 4.79 Å². The number of urea groups is 1. The molecule has 2 aliphatic rings. The average Bonchev–Trinajstić information content (AvgIpc) is 3.01. The van der Waals surface area contributed by atoms with Crippen molar-refractivity contribution in [3.8, 4) is 0 Å². The molecule has 2 N–H and O–H groups in total. The first kappa shape index (κ1) is 17.2. The SMILES string of the molecule is C[C@@H]1CN(Cc2ccccc2NC(=O)NC2CCCC2)C[C@@H](C)O1. The summed E-state index contributed by atoms with van der Waals surface area (Å²) in [5.41, 5.74) is 2.06. The van der Waals surface area contributed by atoms with E-state index >= 15 is 0 Å². The van der Waals surface area contributed by atoms with Crippen molar-refractivity contribution in [2.45, 2.75) is 64.3 Å². The molecule has 0 spiro atoms. The van der Waals surface area contributed by atoms with Crippen molar-refractivity contribution in [1.29, 1.82) is 0 Å². The average molecular weight is 331 g/mol. The minimum Gasteiger partial charge on any atom is -0.373 e. The van der Waals surface area contributed by atoms with Crippen molar-refractivity contribution in [2.24, 2.45) is 0 Å². The monoisotopic (exact) mass is 331 g/mol. The lowest BCUT2D eigenvalue weighted by atomic mass is 10.1. The molecule has 2 atom stereocenters. The second-order valence-electron chi connectivity index (χ2n) is 7.19. The number of hydrogen-bond donors (Lipinski definition) is 2. The van der Waals surface area contributed by atoms with E-state index in [2.05, 4.69) is 35.4 Å². The number of carbonyl (C=O) groups is 1. The third-order valence-electron chi connectivity index (χ3n) is 4.85. The van der Waals surface area contributed by atoms with Crippen LogP contribution in [0.1, 0.15) is 45.1 Å². The van der Waals surface area contributed by atoms with Gasteiger partial charge in [-0.15, -0.1) is 0 Å². The van der Waals surface area contributed by atoms with Gasteiger partial charge in [0.05, 0.1) is 12.2 Å². The van der Waals surface area contributed by atoms with Gasteiger partial charge in [-0.2, -0.15) is 0 Å². The molecule has 3 rings (SSSR count). The van der Waals surface area contributed by atoms with Crippen LogP contribution < -0.4 is 10.6 Å². The molecular weight excluding hydrogens is 302 g/mol. The van der Waals surface area contributed by atoms with Crippen molar-refractivity contribution in [2.75, 3.05) is 18.4 Å². The van der Waals surface area contributed by atoms with Gasteiger partial charge < -0.3 is 15.4 Å². The lowest BCUT2D eigenvalue weighted by Crippen LogP contribution is -2.45. The zero-order valence-electron chi connectivity index (χ0n) is 14.8. The first-order valence-corrected chi connectivity index (χ1v) is 9.13. The van der Waals surface area contributed by atoms with Crippen molar-refractivity contribution in [3.63, 3.8) is 0 Å². The Morgan fingerprint density at radius 3 is 2.54 bits per heavy atom. The molecule has 1 aromatic rings. The molecule has 5 nitrogen and oxygen atoms in total. The largest absolute Gasteiger partial charge is 0.373 e. The van der Waals surface area contributed by atoms with Crippen molar-refractivity contribution >= 4 is 11.7 Å². The topological polar surface area (TPSA) is 53.6 Å². The molecule has 0 bridgehead atoms. The van der Waals surface area contributed by atoms with Gasteiger partial charge >= 0.3 is 6.03 Å². The maximum absolute atomic E-state index is 12.3. The standard InChI is InChI=1S/C19H29N3O2/c1-14-11-22(12-15(2)24-14)13-16-7-3-6-10-18(16)21-19(23)20-17-8-4-5-9-17/h3,6-7,10,14-15,17H,4-5,8-9,11-13H2,1-2H3,(H2,20,21,23)/t14-,15-/m1/s1. The summed E-state index contributed by atoms with van der Waals surface area (Å²) < 4.78 is 5.80. The summed E-state index contributed by atoms with van der Waals surface area (Å²) in [5, 5.41) is 6.13. The lowest BCUT2D eigenvalue weighted by molar-refractivity contribution is -0.0704. The highest BCUT2D eigenvalue weighted by atomic mass is 16.5. The van der Waals surface area contributed by atoms with Crippen LogP contribution in [0.5, 0.6) is 0 Å². The number of benzene rings is 1. The number of amides is 2. The lowest BCUT2D eigenvalue weighted by Gasteiger charge is -2.35. The molecule has 1 aliphatic carbocycles. The fourth-order valence-electron chi connectivity index (χ4n) is 3.85. The number of carbonyl (C=O) groups excluding carboxylic acids is 1. The van der Waals surface area contributed by atoms with E-state index in [9.17, 15) is 4.79 Å². The molecule has 1 saturated carbocycles. The number of nitrogens with zero attached hydrogens (tertiary/aromatic N) is 1. The molecule has 1 aromatic carbocycles. The second-order valence-corrected chi connectivity index (χ2v) is 7.19. The molecule has 2 amide bonds. The van der Waals surface area contributed by atoms with Gasteiger partial charge in [0.2, 0.25) is 0 Å². The Labute approximate surface area is 144 Å². The van der Waals surface area contributed by atoms with Crippen LogP contribution in [0.2, 0.25) is 0 Å². The van der Waals surface area contributed by atoms with Gasteiger partial charge in [0.1, 0.15) is 0 Å². The van der Waals surface area contributed by atoms with Crippen molar-refractivity contribution in [3.05, 3.63) is 29.8 Å². The van der Waals surface area contributed by atoms with E-state index in [4.69, 9.17) is 4.74 Å². The van der Waals surface area contributed by atoms with E-state index in [0.717, 1.165) is 43.7 Å². The molecule has 0 aromatic heterocycles. The van der Waals surface area contributed by atoms with Crippen LogP contribution >= 0.6 is 0 Å². The highest BCUT2D eigenvalue weighted by Crippen LogP contribution is 2.21. The molecule has 0 unspecified atom stereocenters. The molecule has 1 heterocycles. The molecule has 2 fully saturated rings. The zero-order valence-corrected chi connectivity index (χ0v) is 14.8. The third-order valence-corrected chi connectivity index (χ3v) is 4.85. The smallest absolute Gasteiger partial charge is 0.319 e. The number of anilines is 1. The Hall–Kier alpha value is -1.59. The molecule has 24 heavy (non-hydrogen) atoms. The predicted octanol–water partition coefficient (Wildman–Crippen LogP) is 3.36. The first-order valence-electron chi connectivity index (χ1n) is 9.13. The van der Waals surface area contributed by atoms with Gasteiger partial charge in [-0.3, -0.25) is 4.90 Å². The predicted molar refractivity (Wildman–Crippen MR) is 96.1 cm³/mol. The Morgan fingerprint density at radius 1 is 1.17 bits per heavy atom. The van der Waals surface area contributed by atoms with E-state index in [1.807, 2.05) is 18.2 Å². The van der Waals surface area contributed by atoms with Crippen LogP contribution in [-0.4, -0.2) is 42.3 Å². The van der Waals surface area contributed by atoms with Crippen molar-refractivity contribution < 1.29 is 9.53 Å². The van der Waals surface area contributed by atoms with Crippen LogP contribution in [0.25, 0.3) is 0 Å². The molecule has 132 valence electrons. The quantitative estimate of drug-likeness (QED) is 0.889. The van der Waals surface area contributed by atoms with E-state index < -0.39 is 0 Å². The summed E-state index contributed by atoms with van der Waals surface area (Å²) >= 11 is 0. The highest BCUT2D eigenvalue weighted by molar-refractivity contribution is 5.90. The van der Waals surface area contributed by atoms with Crippen molar-refractivity contribution in [1.82, 2.24) is 10.2 Å². The number of para-hydroxylation sites is 1. The summed E-state index contributed by atoms with van der Waals surface area (Å²) in [7, 11) is 0. The molecule has 5 heteroatoms. The maximum atomic E-state index is 12.3. The van der Waals surface area contributed by atoms with Crippen LogP contribution in [-0.2, 0) is 11.3 Å². The second kappa shape index (κ2) is 7.99. The Balaban J connectivity index is 1.61. The van der Waals surface area contributed by atoms with Gasteiger partial charge in [0.25, 0.3) is 0 Å². The normalized spacial score (nSPS) is 25.6. The summed E-state index contributed by atoms with van der Waals surface area (Å²) in [6.07, 6.45) is 5.13. The van der Waals surface area contributed by atoms with Crippen LogP contribution in [0.4, 0.5) is 10.5 Å². The summed E-state index contributed by atoms with van der Waals surface area (Å²) in [6, 6.07) is 8.32. The Bertz CT molecular complexity index is 547. The van der Waals surface area contributed by atoms with Gasteiger partial charge in [0.15, 0.2) is 0 Å². The van der Waals surface area contributed by atoms with Gasteiger partial charge in [-0.05, 0) is 38.3 Å². The van der Waals surface area contributed by atoms with Crippen LogP contribution in [0.15, 0.2) is 24.3 Å². The Kier molecular flexibility index (Phi) is 5.74. The van der Waals surface area contributed by atoms with Crippen LogP contribution in [0.3, 0.4) is 0 Å². The minimum absolute atomic E-state index is 0.0851. The fourth-order valence-corrected chi connectivity index (χ4v) is 3.85. The maximum Gasteiger partial charge on any atom is 0.319 e. The van der Waals surface area contributed by atoms with E-state index in [1.165, 1.54) is 12.8 Å². The summed E-state index contributed by atoms with van der Waals surface area (Å²) in [5.74, 6) is 0. The molecule has 1 saturated heterocycles. The fraction of sp³-hybridized carbons (Fsp3) is 0.632. The summed E-state index contributed by atoms with van der Waals surface area (Å²) in [4.78, 5) is 14.7. The number of hydrogen-bond acceptors (Lipinski definition) is 3.